The van der Waals surface area contributed by atoms with Crippen molar-refractivity contribution >= 4 is 28.5 Å². The third-order valence-electron chi connectivity index (χ3n) is 8.23. The highest BCUT2D eigenvalue weighted by Gasteiger charge is 2.54. The van der Waals surface area contributed by atoms with Crippen LogP contribution in [0, 0.1) is 5.82 Å². The SMILES string of the molecule is O=C(CN1C(=O)C2(CCC(Oc3cnc4[nH]ncc4c3)CC2)c2c(F)cccc21)N1CCC[C@H]1CC(F)(F)F. The van der Waals surface area contributed by atoms with Gasteiger partial charge in [0.2, 0.25) is 11.8 Å². The molecule has 1 saturated heterocycles. The first-order valence-corrected chi connectivity index (χ1v) is 13.1. The molecule has 2 amide bonds. The average Bonchev–Trinajstić information content (AvgIpc) is 3.60. The van der Waals surface area contributed by atoms with E-state index in [-0.39, 0.29) is 30.5 Å². The molecule has 2 aliphatic heterocycles. The number of nitrogens with one attached hydrogen (secondary N) is 1. The number of carbonyl (C=O) groups is 2. The van der Waals surface area contributed by atoms with Gasteiger partial charge in [0.15, 0.2) is 5.65 Å². The Bertz CT molecular complexity index is 1420. The second kappa shape index (κ2) is 9.49. The zero-order valence-electron chi connectivity index (χ0n) is 21.0. The number of H-pyrrole nitrogens is 1. The van der Waals surface area contributed by atoms with Gasteiger partial charge < -0.3 is 14.5 Å². The number of fused-ring (bicyclic) bond motifs is 3. The van der Waals surface area contributed by atoms with Crippen molar-refractivity contribution in [2.24, 2.45) is 0 Å². The number of hydrogen-bond acceptors (Lipinski definition) is 5. The number of alkyl halides is 3. The van der Waals surface area contributed by atoms with Gasteiger partial charge in [0.25, 0.3) is 0 Å². The number of rotatable bonds is 5. The van der Waals surface area contributed by atoms with E-state index in [0.29, 0.717) is 49.2 Å². The van der Waals surface area contributed by atoms with Crippen LogP contribution in [-0.2, 0) is 15.0 Å². The lowest BCUT2D eigenvalue weighted by Gasteiger charge is -2.36. The fraction of sp³-hybridized carbons (Fsp3) is 0.481. The lowest BCUT2D eigenvalue weighted by molar-refractivity contribution is -0.151. The van der Waals surface area contributed by atoms with Crippen LogP contribution in [0.25, 0.3) is 11.0 Å². The summed E-state index contributed by atoms with van der Waals surface area (Å²) < 4.78 is 60.5. The zero-order valence-corrected chi connectivity index (χ0v) is 21.0. The largest absolute Gasteiger partial charge is 0.489 e. The fourth-order valence-corrected chi connectivity index (χ4v) is 6.45. The second-order valence-electron chi connectivity index (χ2n) is 10.6. The third-order valence-corrected chi connectivity index (χ3v) is 8.23. The molecular weight excluding hydrogens is 518 g/mol. The first-order valence-electron chi connectivity index (χ1n) is 13.1. The highest BCUT2D eigenvalue weighted by atomic mass is 19.4. The molecule has 4 heterocycles. The molecular formula is C27H27F4N5O3. The number of anilines is 1. The number of benzene rings is 1. The molecule has 2 aromatic heterocycles. The van der Waals surface area contributed by atoms with Gasteiger partial charge in [-0.1, -0.05) is 6.07 Å². The van der Waals surface area contributed by atoms with Crippen LogP contribution in [0.2, 0.25) is 0 Å². The molecule has 1 aliphatic carbocycles. The molecule has 0 radical (unpaired) electrons. The molecule has 1 saturated carbocycles. The van der Waals surface area contributed by atoms with Crippen molar-refractivity contribution < 1.29 is 31.9 Å². The summed E-state index contributed by atoms with van der Waals surface area (Å²) in [6, 6.07) is 5.26. The Morgan fingerprint density at radius 3 is 2.74 bits per heavy atom. The van der Waals surface area contributed by atoms with E-state index in [4.69, 9.17) is 4.74 Å². The molecule has 1 N–H and O–H groups in total. The summed E-state index contributed by atoms with van der Waals surface area (Å²) >= 11 is 0. The minimum absolute atomic E-state index is 0.210. The van der Waals surface area contributed by atoms with Gasteiger partial charge in [0, 0.05) is 23.5 Å². The lowest BCUT2D eigenvalue weighted by atomic mass is 9.69. The van der Waals surface area contributed by atoms with E-state index in [1.165, 1.54) is 21.9 Å². The van der Waals surface area contributed by atoms with Crippen LogP contribution in [0.5, 0.6) is 5.75 Å². The highest BCUT2D eigenvalue weighted by molar-refractivity contribution is 6.10. The molecule has 1 aromatic carbocycles. The number of amides is 2. The molecule has 206 valence electrons. The Morgan fingerprint density at radius 2 is 1.97 bits per heavy atom. The maximum absolute atomic E-state index is 15.3. The summed E-state index contributed by atoms with van der Waals surface area (Å²) in [6.45, 7) is -0.205. The normalized spacial score (nSPS) is 25.1. The number of carbonyl (C=O) groups excluding carboxylic acids is 2. The van der Waals surface area contributed by atoms with E-state index in [2.05, 4.69) is 15.2 Å². The van der Waals surface area contributed by atoms with Gasteiger partial charge in [0.05, 0.1) is 36.0 Å². The first kappa shape index (κ1) is 25.6. The molecule has 3 aromatic rings. The lowest BCUT2D eigenvalue weighted by Crippen LogP contribution is -2.49. The van der Waals surface area contributed by atoms with Crippen LogP contribution in [0.1, 0.15) is 50.5 Å². The zero-order chi connectivity index (χ0) is 27.4. The van der Waals surface area contributed by atoms with E-state index < -0.39 is 42.3 Å². The smallest absolute Gasteiger partial charge is 0.391 e. The standard InChI is InChI=1S/C27H27F4N5O3/c28-20-4-1-5-21-23(20)26(8-6-18(7-9-26)39-19-11-16-13-33-34-24(16)32-14-19)25(38)36(21)15-22(37)35-10-2-3-17(35)12-27(29,30)31/h1,4-5,11,13-14,17-18H,2-3,6-10,12,15H2,(H,32,33,34)/t17-,18?,26?/m0/s1. The number of aromatic nitrogens is 3. The van der Waals surface area contributed by atoms with Gasteiger partial charge in [0.1, 0.15) is 18.1 Å². The van der Waals surface area contributed by atoms with Crippen LogP contribution in [-0.4, -0.2) is 63.3 Å². The fourth-order valence-electron chi connectivity index (χ4n) is 6.45. The van der Waals surface area contributed by atoms with Gasteiger partial charge in [-0.05, 0) is 56.7 Å². The average molecular weight is 546 g/mol. The molecule has 12 heteroatoms. The summed E-state index contributed by atoms with van der Waals surface area (Å²) in [5.74, 6) is -0.898. The number of halogens is 4. The number of ether oxygens (including phenoxy) is 1. The van der Waals surface area contributed by atoms with Gasteiger partial charge in [-0.15, -0.1) is 0 Å². The summed E-state index contributed by atoms with van der Waals surface area (Å²) in [5.41, 5.74) is 0.0658. The Morgan fingerprint density at radius 1 is 1.18 bits per heavy atom. The van der Waals surface area contributed by atoms with Crippen molar-refractivity contribution in [3.63, 3.8) is 0 Å². The number of nitrogens with zero attached hydrogens (tertiary/aromatic N) is 4. The monoisotopic (exact) mass is 545 g/mol. The number of likely N-dealkylation sites (tertiary alicyclic amines) is 1. The first-order chi connectivity index (χ1) is 18.6. The van der Waals surface area contributed by atoms with Gasteiger partial charge in [-0.3, -0.25) is 14.7 Å². The summed E-state index contributed by atoms with van der Waals surface area (Å²) in [5, 5.41) is 7.53. The minimum Gasteiger partial charge on any atom is -0.489 e. The van der Waals surface area contributed by atoms with Crippen LogP contribution in [0.3, 0.4) is 0 Å². The summed E-state index contributed by atoms with van der Waals surface area (Å²) in [6.07, 6.45) is -0.122. The molecule has 6 rings (SSSR count). The van der Waals surface area contributed by atoms with E-state index in [1.807, 2.05) is 6.07 Å². The van der Waals surface area contributed by atoms with E-state index >= 15 is 4.39 Å². The molecule has 3 aliphatic rings. The Labute approximate surface area is 221 Å². The van der Waals surface area contributed by atoms with Crippen LogP contribution in [0.15, 0.2) is 36.7 Å². The summed E-state index contributed by atoms with van der Waals surface area (Å²) in [4.78, 5) is 33.8. The molecule has 1 atom stereocenters. The van der Waals surface area contributed by atoms with E-state index in [1.54, 1.807) is 18.5 Å². The molecule has 0 unspecified atom stereocenters. The number of hydrogen-bond donors (Lipinski definition) is 1. The quantitative estimate of drug-likeness (QED) is 0.472. The Hall–Kier alpha value is -3.70. The van der Waals surface area contributed by atoms with Crippen molar-refractivity contribution in [3.05, 3.63) is 48.0 Å². The maximum atomic E-state index is 15.3. The van der Waals surface area contributed by atoms with Crippen molar-refractivity contribution in [2.45, 2.75) is 68.7 Å². The van der Waals surface area contributed by atoms with E-state index in [0.717, 1.165) is 5.39 Å². The molecule has 8 nitrogen and oxygen atoms in total. The Balaban J connectivity index is 1.20. The predicted molar refractivity (Wildman–Crippen MR) is 133 cm³/mol. The third kappa shape index (κ3) is 4.59. The van der Waals surface area contributed by atoms with Crippen molar-refractivity contribution in [1.82, 2.24) is 20.1 Å². The van der Waals surface area contributed by atoms with Crippen LogP contribution < -0.4 is 9.64 Å². The van der Waals surface area contributed by atoms with E-state index in [9.17, 15) is 22.8 Å². The molecule has 1 spiro atoms. The van der Waals surface area contributed by atoms with Gasteiger partial charge in [-0.2, -0.15) is 18.3 Å². The minimum atomic E-state index is -4.39. The van der Waals surface area contributed by atoms with Gasteiger partial charge >= 0.3 is 6.18 Å². The maximum Gasteiger partial charge on any atom is 0.391 e. The summed E-state index contributed by atoms with van der Waals surface area (Å²) in [7, 11) is 0. The molecule has 2 fully saturated rings. The van der Waals surface area contributed by atoms with Crippen molar-refractivity contribution in [3.8, 4) is 5.75 Å². The Kier molecular flexibility index (Phi) is 6.22. The second-order valence-corrected chi connectivity index (χ2v) is 10.6. The topological polar surface area (TPSA) is 91.4 Å². The highest BCUT2D eigenvalue weighted by Crippen LogP contribution is 2.51. The van der Waals surface area contributed by atoms with Crippen molar-refractivity contribution in [2.75, 3.05) is 18.0 Å². The van der Waals surface area contributed by atoms with Crippen LogP contribution >= 0.6 is 0 Å². The molecule has 0 bridgehead atoms. The van der Waals surface area contributed by atoms with Gasteiger partial charge in [-0.25, -0.2) is 9.37 Å². The van der Waals surface area contributed by atoms with Crippen LogP contribution in [0.4, 0.5) is 23.2 Å². The number of pyridine rings is 1. The van der Waals surface area contributed by atoms with Crippen molar-refractivity contribution in [1.29, 1.82) is 0 Å². The predicted octanol–water partition coefficient (Wildman–Crippen LogP) is 4.65. The molecule has 39 heavy (non-hydrogen) atoms. The number of aromatic amines is 1.